The Kier molecular flexibility index (Phi) is 2.71. The molecule has 0 spiro atoms. The minimum absolute atomic E-state index is 0.115. The number of carbonyl (C=O) groups is 3. The highest BCUT2D eigenvalue weighted by Gasteiger charge is 2.34. The zero-order valence-corrected chi connectivity index (χ0v) is 9.52. The molecule has 90 valence electrons. The minimum atomic E-state index is -0.658. The third-order valence-corrected chi connectivity index (χ3v) is 2.77. The van der Waals surface area contributed by atoms with E-state index in [2.05, 4.69) is 5.32 Å². The molecule has 1 aromatic rings. The van der Waals surface area contributed by atoms with Crippen LogP contribution in [0.4, 0.5) is 0 Å². The van der Waals surface area contributed by atoms with Gasteiger partial charge in [0, 0.05) is 0 Å². The van der Waals surface area contributed by atoms with Crippen molar-refractivity contribution in [3.63, 3.8) is 0 Å². The number of nitrogens with zero attached hydrogens (tertiary/aromatic N) is 1. The second kappa shape index (κ2) is 4.04. The van der Waals surface area contributed by atoms with Gasteiger partial charge in [0.15, 0.2) is 0 Å². The average molecular weight is 236 g/mol. The van der Waals surface area contributed by atoms with Crippen molar-refractivity contribution in [2.45, 2.75) is 19.9 Å². The lowest BCUT2D eigenvalue weighted by molar-refractivity contribution is -0.138. The molecule has 3 amide bonds. The molecule has 1 aliphatic heterocycles. The molecule has 1 N–H and O–H groups in total. The van der Waals surface area contributed by atoms with Crippen molar-refractivity contribution < 1.29 is 18.8 Å². The molecular weight excluding hydrogens is 224 g/mol. The van der Waals surface area contributed by atoms with Crippen LogP contribution >= 0.6 is 0 Å². The van der Waals surface area contributed by atoms with Crippen molar-refractivity contribution >= 4 is 17.7 Å². The van der Waals surface area contributed by atoms with Crippen LogP contribution in [0.2, 0.25) is 0 Å². The van der Waals surface area contributed by atoms with Crippen molar-refractivity contribution in [1.29, 1.82) is 0 Å². The molecule has 0 bridgehead atoms. The normalized spacial score (nSPS) is 20.4. The zero-order chi connectivity index (χ0) is 12.6. The quantitative estimate of drug-likeness (QED) is 0.700. The van der Waals surface area contributed by atoms with Crippen LogP contribution in [0.25, 0.3) is 0 Å². The lowest BCUT2D eigenvalue weighted by Gasteiger charge is -2.31. The number of amides is 3. The fraction of sp³-hybridized carbons (Fsp3) is 0.364. The number of hydrogen-bond donors (Lipinski definition) is 1. The van der Waals surface area contributed by atoms with Crippen LogP contribution in [0.15, 0.2) is 16.7 Å². The predicted octanol–water partition coefficient (Wildman–Crippen LogP) is 0.0751. The summed E-state index contributed by atoms with van der Waals surface area (Å²) in [4.78, 5) is 36.0. The summed E-state index contributed by atoms with van der Waals surface area (Å²) >= 11 is 0. The standard InChI is InChI=1S/C11H12N2O4/c1-6-10(15)12-9(14)5-13(6)11(16)8-3-4-17-7(8)2/h3-4,6H,5H2,1-2H3,(H,12,14,15). The van der Waals surface area contributed by atoms with Crippen LogP contribution in [0, 0.1) is 6.92 Å². The molecule has 1 atom stereocenters. The molecule has 1 aliphatic rings. The van der Waals surface area contributed by atoms with Crippen molar-refractivity contribution in [3.8, 4) is 0 Å². The van der Waals surface area contributed by atoms with Gasteiger partial charge in [-0.05, 0) is 19.9 Å². The summed E-state index contributed by atoms with van der Waals surface area (Å²) in [6, 6.07) is 0.871. The van der Waals surface area contributed by atoms with Gasteiger partial charge >= 0.3 is 0 Å². The van der Waals surface area contributed by atoms with Gasteiger partial charge in [-0.3, -0.25) is 19.7 Å². The maximum absolute atomic E-state index is 12.1. The largest absolute Gasteiger partial charge is 0.469 e. The molecule has 1 aromatic heterocycles. The number of aryl methyl sites for hydroxylation is 1. The molecule has 0 aromatic carbocycles. The Morgan fingerprint density at radius 2 is 2.24 bits per heavy atom. The van der Waals surface area contributed by atoms with Crippen molar-refractivity contribution in [2.75, 3.05) is 6.54 Å². The first kappa shape index (κ1) is 11.4. The summed E-state index contributed by atoms with van der Waals surface area (Å²) in [5.41, 5.74) is 0.374. The zero-order valence-electron chi connectivity index (χ0n) is 9.52. The van der Waals surface area contributed by atoms with Crippen LogP contribution < -0.4 is 5.32 Å². The van der Waals surface area contributed by atoms with Crippen LogP contribution in [0.1, 0.15) is 23.0 Å². The lowest BCUT2D eigenvalue weighted by atomic mass is 10.1. The summed E-state index contributed by atoms with van der Waals surface area (Å²) in [5, 5.41) is 2.18. The van der Waals surface area contributed by atoms with E-state index in [0.29, 0.717) is 11.3 Å². The molecule has 2 heterocycles. The molecule has 17 heavy (non-hydrogen) atoms. The molecule has 6 nitrogen and oxygen atoms in total. The van der Waals surface area contributed by atoms with Crippen LogP contribution in [0.5, 0.6) is 0 Å². The predicted molar refractivity (Wildman–Crippen MR) is 57.1 cm³/mol. The van der Waals surface area contributed by atoms with Gasteiger partial charge in [-0.25, -0.2) is 0 Å². The number of imide groups is 1. The maximum Gasteiger partial charge on any atom is 0.258 e. The molecule has 6 heteroatoms. The molecule has 1 fully saturated rings. The monoisotopic (exact) mass is 236 g/mol. The smallest absolute Gasteiger partial charge is 0.258 e. The first-order chi connectivity index (χ1) is 8.00. The number of carbonyl (C=O) groups excluding carboxylic acids is 3. The van der Waals surface area contributed by atoms with Gasteiger partial charge < -0.3 is 9.32 Å². The number of piperazine rings is 1. The number of nitrogens with one attached hydrogen (secondary N) is 1. The topological polar surface area (TPSA) is 79.6 Å². The average Bonchev–Trinajstić information content (AvgIpc) is 2.69. The van der Waals surface area contributed by atoms with E-state index in [1.54, 1.807) is 13.8 Å². The minimum Gasteiger partial charge on any atom is -0.469 e. The highest BCUT2D eigenvalue weighted by molar-refractivity contribution is 6.07. The van der Waals surface area contributed by atoms with E-state index in [0.717, 1.165) is 0 Å². The fourth-order valence-corrected chi connectivity index (χ4v) is 1.72. The number of rotatable bonds is 1. The highest BCUT2D eigenvalue weighted by atomic mass is 16.3. The maximum atomic E-state index is 12.1. The lowest BCUT2D eigenvalue weighted by Crippen LogP contribution is -2.58. The molecule has 0 radical (unpaired) electrons. The van der Waals surface area contributed by atoms with Gasteiger partial charge in [0.2, 0.25) is 11.8 Å². The van der Waals surface area contributed by atoms with E-state index in [1.165, 1.54) is 17.2 Å². The Bertz CT molecular complexity index is 491. The van der Waals surface area contributed by atoms with Gasteiger partial charge in [-0.15, -0.1) is 0 Å². The molecule has 0 aliphatic carbocycles. The van der Waals surface area contributed by atoms with Crippen molar-refractivity contribution in [3.05, 3.63) is 23.7 Å². The Hall–Kier alpha value is -2.11. The van der Waals surface area contributed by atoms with Gasteiger partial charge in [0.05, 0.1) is 11.8 Å². The summed E-state index contributed by atoms with van der Waals surface area (Å²) < 4.78 is 5.03. The van der Waals surface area contributed by atoms with E-state index in [9.17, 15) is 14.4 Å². The summed E-state index contributed by atoms with van der Waals surface area (Å²) in [7, 11) is 0. The highest BCUT2D eigenvalue weighted by Crippen LogP contribution is 2.15. The molecule has 1 unspecified atom stereocenters. The van der Waals surface area contributed by atoms with E-state index in [1.807, 2.05) is 0 Å². The van der Waals surface area contributed by atoms with Gasteiger partial charge in [-0.1, -0.05) is 0 Å². The van der Waals surface area contributed by atoms with Crippen molar-refractivity contribution in [2.24, 2.45) is 0 Å². The SMILES string of the molecule is Cc1occc1C(=O)N1CC(=O)NC(=O)C1C. The van der Waals surface area contributed by atoms with E-state index >= 15 is 0 Å². The van der Waals surface area contributed by atoms with Crippen LogP contribution in [-0.4, -0.2) is 35.2 Å². The Morgan fingerprint density at radius 3 is 2.82 bits per heavy atom. The number of hydrogen-bond acceptors (Lipinski definition) is 4. The summed E-state index contributed by atoms with van der Waals surface area (Å²) in [5.74, 6) is -0.828. The second-order valence-corrected chi connectivity index (χ2v) is 3.91. The third kappa shape index (κ3) is 1.93. The Labute approximate surface area is 97.6 Å². The Morgan fingerprint density at radius 1 is 1.53 bits per heavy atom. The molecular formula is C11H12N2O4. The van der Waals surface area contributed by atoms with Crippen molar-refractivity contribution in [1.82, 2.24) is 10.2 Å². The van der Waals surface area contributed by atoms with E-state index < -0.39 is 17.9 Å². The Balaban J connectivity index is 2.27. The van der Waals surface area contributed by atoms with Gasteiger partial charge in [0.1, 0.15) is 18.3 Å². The first-order valence-electron chi connectivity index (χ1n) is 5.19. The summed E-state index contributed by atoms with van der Waals surface area (Å²) in [6.45, 7) is 3.12. The van der Waals surface area contributed by atoms with Crippen LogP contribution in [0.3, 0.4) is 0 Å². The van der Waals surface area contributed by atoms with E-state index in [4.69, 9.17) is 4.42 Å². The fourth-order valence-electron chi connectivity index (χ4n) is 1.72. The second-order valence-electron chi connectivity index (χ2n) is 3.91. The third-order valence-electron chi connectivity index (χ3n) is 2.77. The molecule has 1 saturated heterocycles. The van der Waals surface area contributed by atoms with Gasteiger partial charge in [-0.2, -0.15) is 0 Å². The number of furan rings is 1. The van der Waals surface area contributed by atoms with Gasteiger partial charge in [0.25, 0.3) is 5.91 Å². The first-order valence-corrected chi connectivity index (χ1v) is 5.19. The van der Waals surface area contributed by atoms with Crippen LogP contribution in [-0.2, 0) is 9.59 Å². The van der Waals surface area contributed by atoms with E-state index in [-0.39, 0.29) is 12.5 Å². The summed E-state index contributed by atoms with van der Waals surface area (Å²) in [6.07, 6.45) is 1.40. The molecule has 2 rings (SSSR count). The molecule has 0 saturated carbocycles.